The summed E-state index contributed by atoms with van der Waals surface area (Å²) in [7, 11) is -4.20. The largest absolute Gasteiger partial charge is 0.480 e. The van der Waals surface area contributed by atoms with Gasteiger partial charge in [0.2, 0.25) is 0 Å². The Morgan fingerprint density at radius 3 is 2.46 bits per heavy atom. The number of thiophene rings is 1. The maximum absolute atomic E-state index is 13.4. The summed E-state index contributed by atoms with van der Waals surface area (Å²) in [5.74, 6) is -1.30. The molecule has 2 heterocycles. The van der Waals surface area contributed by atoms with Crippen LogP contribution in [0.3, 0.4) is 0 Å². The normalized spacial score (nSPS) is 23.8. The van der Waals surface area contributed by atoms with Crippen LogP contribution in [-0.2, 0) is 25.0 Å². The third kappa shape index (κ3) is 4.10. The SMILES string of the molecule is O=C1OCCN1C[C@@]1(c2ccccc2)C[C@]1(NS(=O)(=O)c1ccc(-c2ccc(Cl)cc2)s1)C(=O)O. The van der Waals surface area contributed by atoms with E-state index in [-0.39, 0.29) is 23.8 Å². The number of ether oxygens (including phenoxy) is 1. The van der Waals surface area contributed by atoms with E-state index in [1.807, 2.05) is 0 Å². The number of halogens is 1. The molecule has 0 spiro atoms. The monoisotopic (exact) mass is 532 g/mol. The van der Waals surface area contributed by atoms with Gasteiger partial charge in [0.25, 0.3) is 10.0 Å². The number of sulfonamides is 1. The molecule has 11 heteroatoms. The number of aliphatic carboxylic acids is 1. The van der Waals surface area contributed by atoms with Crippen molar-refractivity contribution in [3.63, 3.8) is 0 Å². The van der Waals surface area contributed by atoms with E-state index in [2.05, 4.69) is 4.72 Å². The Kier molecular flexibility index (Phi) is 5.87. The van der Waals surface area contributed by atoms with Gasteiger partial charge in [0.05, 0.1) is 6.54 Å². The first-order valence-electron chi connectivity index (χ1n) is 10.8. The summed E-state index contributed by atoms with van der Waals surface area (Å²) in [6.07, 6.45) is -0.544. The smallest absolute Gasteiger partial charge is 0.409 e. The Morgan fingerprint density at radius 2 is 1.83 bits per heavy atom. The maximum atomic E-state index is 13.4. The number of hydrogen-bond acceptors (Lipinski definition) is 6. The summed E-state index contributed by atoms with van der Waals surface area (Å²) in [6.45, 7) is 0.536. The highest BCUT2D eigenvalue weighted by molar-refractivity contribution is 7.91. The molecule has 5 rings (SSSR count). The van der Waals surface area contributed by atoms with Crippen molar-refractivity contribution >= 4 is 45.0 Å². The molecule has 1 aliphatic heterocycles. The van der Waals surface area contributed by atoms with Crippen LogP contribution in [-0.4, -0.2) is 55.7 Å². The second kappa shape index (κ2) is 8.63. The second-order valence-corrected chi connectivity index (χ2v) is 12.0. The zero-order valence-corrected chi connectivity index (χ0v) is 20.7. The average molecular weight is 533 g/mol. The molecule has 2 atom stereocenters. The van der Waals surface area contributed by atoms with E-state index in [0.29, 0.717) is 22.0 Å². The van der Waals surface area contributed by atoms with Gasteiger partial charge in [0.1, 0.15) is 16.4 Å². The van der Waals surface area contributed by atoms with Crippen LogP contribution in [0, 0.1) is 0 Å². The van der Waals surface area contributed by atoms with Crippen molar-refractivity contribution < 1.29 is 27.9 Å². The molecular formula is C24H21ClN2O6S2. The van der Waals surface area contributed by atoms with Gasteiger partial charge >= 0.3 is 12.1 Å². The van der Waals surface area contributed by atoms with Crippen molar-refractivity contribution in [3.8, 4) is 10.4 Å². The predicted octanol–water partition coefficient (Wildman–Crippen LogP) is 3.96. The highest BCUT2D eigenvalue weighted by Crippen LogP contribution is 2.59. The van der Waals surface area contributed by atoms with Gasteiger partial charge in [-0.1, -0.05) is 54.1 Å². The molecule has 35 heavy (non-hydrogen) atoms. The van der Waals surface area contributed by atoms with Gasteiger partial charge in [-0.25, -0.2) is 13.2 Å². The van der Waals surface area contributed by atoms with Crippen molar-refractivity contribution in [2.24, 2.45) is 0 Å². The number of nitrogens with one attached hydrogen (secondary N) is 1. The molecule has 3 aromatic rings. The lowest BCUT2D eigenvalue weighted by atomic mass is 9.90. The fourth-order valence-corrected chi connectivity index (χ4v) is 7.53. The predicted molar refractivity (Wildman–Crippen MR) is 131 cm³/mol. The molecule has 2 aromatic carbocycles. The van der Waals surface area contributed by atoms with Gasteiger partial charge in [-0.15, -0.1) is 11.3 Å². The Morgan fingerprint density at radius 1 is 1.11 bits per heavy atom. The van der Waals surface area contributed by atoms with Gasteiger partial charge < -0.3 is 14.7 Å². The number of hydrogen-bond donors (Lipinski definition) is 2. The Balaban J connectivity index is 1.49. The van der Waals surface area contributed by atoms with Crippen molar-refractivity contribution in [1.82, 2.24) is 9.62 Å². The molecule has 0 radical (unpaired) electrons. The van der Waals surface area contributed by atoms with Crippen LogP contribution in [0.15, 0.2) is 70.9 Å². The number of cyclic esters (lactones) is 1. The molecule has 0 bridgehead atoms. The van der Waals surface area contributed by atoms with E-state index in [1.54, 1.807) is 60.7 Å². The van der Waals surface area contributed by atoms with Crippen LogP contribution >= 0.6 is 22.9 Å². The van der Waals surface area contributed by atoms with Crippen LogP contribution in [0.1, 0.15) is 12.0 Å². The Labute approximate surface area is 211 Å². The van der Waals surface area contributed by atoms with E-state index in [0.717, 1.165) is 16.9 Å². The number of nitrogens with zero attached hydrogens (tertiary/aromatic N) is 1. The molecule has 1 saturated carbocycles. The number of carbonyl (C=O) groups excluding carboxylic acids is 1. The van der Waals surface area contributed by atoms with Gasteiger partial charge in [-0.3, -0.25) is 4.79 Å². The molecule has 2 fully saturated rings. The Bertz CT molecular complexity index is 1390. The molecule has 182 valence electrons. The molecule has 2 aliphatic rings. The fraction of sp³-hybridized carbons (Fsp3) is 0.250. The maximum Gasteiger partial charge on any atom is 0.409 e. The lowest BCUT2D eigenvalue weighted by Crippen LogP contribution is -2.51. The van der Waals surface area contributed by atoms with Gasteiger partial charge in [-0.05, 0) is 41.8 Å². The van der Waals surface area contributed by atoms with Crippen LogP contribution in [0.5, 0.6) is 0 Å². The average Bonchev–Trinajstić information content (AvgIpc) is 3.13. The molecule has 1 aromatic heterocycles. The summed E-state index contributed by atoms with van der Waals surface area (Å²) < 4.78 is 34.4. The number of amides is 1. The molecule has 0 unspecified atom stereocenters. The standard InChI is InChI=1S/C24H21ClN2O6S2/c25-18-8-6-16(7-9-18)19-10-11-20(34-19)35(31,32)26-24(21(28)29)14-23(24,17-4-2-1-3-5-17)15-27-12-13-33-22(27)30/h1-11,26H,12-15H2,(H,28,29)/t23-,24+/m1/s1. The van der Waals surface area contributed by atoms with E-state index in [4.69, 9.17) is 16.3 Å². The topological polar surface area (TPSA) is 113 Å². The molecule has 1 aliphatic carbocycles. The lowest BCUT2D eigenvalue weighted by molar-refractivity contribution is -0.140. The van der Waals surface area contributed by atoms with Gasteiger partial charge in [-0.2, -0.15) is 4.72 Å². The third-order valence-electron chi connectivity index (χ3n) is 6.54. The molecule has 1 amide bonds. The van der Waals surface area contributed by atoms with E-state index < -0.39 is 33.0 Å². The van der Waals surface area contributed by atoms with Gasteiger partial charge in [0, 0.05) is 21.9 Å². The third-order valence-corrected chi connectivity index (χ3v) is 9.91. The van der Waals surface area contributed by atoms with Crippen molar-refractivity contribution in [2.45, 2.75) is 21.6 Å². The molecule has 2 N–H and O–H groups in total. The molecule has 8 nitrogen and oxygen atoms in total. The van der Waals surface area contributed by atoms with E-state index >= 15 is 0 Å². The van der Waals surface area contributed by atoms with E-state index in [1.165, 1.54) is 11.0 Å². The highest BCUT2D eigenvalue weighted by atomic mass is 35.5. The summed E-state index contributed by atoms with van der Waals surface area (Å²) in [6, 6.07) is 18.9. The Hall–Kier alpha value is -2.92. The van der Waals surface area contributed by atoms with E-state index in [9.17, 15) is 23.1 Å². The second-order valence-electron chi connectivity index (χ2n) is 8.60. The van der Waals surface area contributed by atoms with Crippen LogP contribution in [0.4, 0.5) is 4.79 Å². The molecule has 1 saturated heterocycles. The summed E-state index contributed by atoms with van der Waals surface area (Å²) in [5, 5.41) is 10.9. The number of carboxylic acid groups (broad SMARTS) is 1. The minimum absolute atomic E-state index is 0.00221. The first kappa shape index (κ1) is 23.8. The van der Waals surface area contributed by atoms with Crippen LogP contribution < -0.4 is 4.72 Å². The van der Waals surface area contributed by atoms with Gasteiger partial charge in [0.15, 0.2) is 0 Å². The number of carboxylic acids is 1. The van der Waals surface area contributed by atoms with Crippen LogP contribution in [0.2, 0.25) is 5.02 Å². The quantitative estimate of drug-likeness (QED) is 0.454. The highest BCUT2D eigenvalue weighted by Gasteiger charge is 2.75. The minimum Gasteiger partial charge on any atom is -0.480 e. The first-order valence-corrected chi connectivity index (χ1v) is 13.5. The van der Waals surface area contributed by atoms with Crippen molar-refractivity contribution in [3.05, 3.63) is 77.3 Å². The number of rotatable bonds is 8. The summed E-state index contributed by atoms with van der Waals surface area (Å²) >= 11 is 6.98. The summed E-state index contributed by atoms with van der Waals surface area (Å²) in [4.78, 5) is 26.9. The zero-order chi connectivity index (χ0) is 24.8. The number of benzene rings is 2. The van der Waals surface area contributed by atoms with Crippen LogP contribution in [0.25, 0.3) is 10.4 Å². The number of carbonyl (C=O) groups is 2. The molecular weight excluding hydrogens is 512 g/mol. The van der Waals surface area contributed by atoms with Crippen molar-refractivity contribution in [1.29, 1.82) is 0 Å². The minimum atomic E-state index is -4.20. The zero-order valence-electron chi connectivity index (χ0n) is 18.3. The van der Waals surface area contributed by atoms with Crippen molar-refractivity contribution in [2.75, 3.05) is 19.7 Å². The fourth-order valence-electron chi connectivity index (χ4n) is 4.66. The first-order chi connectivity index (χ1) is 16.7. The lowest BCUT2D eigenvalue weighted by Gasteiger charge is -2.27. The summed E-state index contributed by atoms with van der Waals surface area (Å²) in [5.41, 5.74) is -1.53.